The van der Waals surface area contributed by atoms with E-state index in [-0.39, 0.29) is 0 Å². The van der Waals surface area contributed by atoms with Crippen LogP contribution in [0.25, 0.3) is 11.1 Å². The van der Waals surface area contributed by atoms with Gasteiger partial charge in [-0.25, -0.2) is 0 Å². The minimum absolute atomic E-state index is 0.923. The van der Waals surface area contributed by atoms with Crippen LogP contribution >= 0.6 is 0 Å². The average Bonchev–Trinajstić information content (AvgIpc) is 2.62. The summed E-state index contributed by atoms with van der Waals surface area (Å²) in [5.41, 5.74) is 5.63. The lowest BCUT2D eigenvalue weighted by Gasteiger charge is -2.28. The molecule has 0 amide bonds. The Morgan fingerprint density at radius 2 is 1.25 bits per heavy atom. The molecule has 80 valence electrons. The van der Waals surface area contributed by atoms with Gasteiger partial charge in [-0.3, -0.25) is 4.48 Å². The van der Waals surface area contributed by atoms with Crippen LogP contribution in [0.5, 0.6) is 0 Å². The second kappa shape index (κ2) is 3.19. The molecule has 0 fully saturated rings. The van der Waals surface area contributed by atoms with Crippen LogP contribution < -0.4 is 4.48 Å². The highest BCUT2D eigenvalue weighted by molar-refractivity contribution is 5.94. The fraction of sp³-hybridized carbons (Fsp3) is 0.200. The molecule has 16 heavy (non-hydrogen) atoms. The predicted molar refractivity (Wildman–Crippen MR) is 69.8 cm³/mol. The fourth-order valence-electron chi connectivity index (χ4n) is 2.73. The Balaban J connectivity index is 2.39. The molecular formula is C15H16N+. The van der Waals surface area contributed by atoms with E-state index in [1.54, 1.807) is 0 Å². The van der Waals surface area contributed by atoms with Crippen LogP contribution in [0.1, 0.15) is 6.92 Å². The summed E-state index contributed by atoms with van der Waals surface area (Å²) < 4.78 is 0.923. The maximum Gasteiger partial charge on any atom is 0.145 e. The van der Waals surface area contributed by atoms with Crippen LogP contribution in [0.2, 0.25) is 0 Å². The van der Waals surface area contributed by atoms with E-state index in [1.165, 1.54) is 22.5 Å². The van der Waals surface area contributed by atoms with Crippen LogP contribution in [0, 0.1) is 0 Å². The zero-order chi connectivity index (χ0) is 11.2. The second-order valence-corrected chi connectivity index (χ2v) is 4.54. The van der Waals surface area contributed by atoms with E-state index >= 15 is 0 Å². The number of fused-ring (bicyclic) bond motifs is 3. The van der Waals surface area contributed by atoms with Crippen molar-refractivity contribution in [1.82, 2.24) is 4.48 Å². The van der Waals surface area contributed by atoms with Gasteiger partial charge in [0.1, 0.15) is 11.4 Å². The quantitative estimate of drug-likeness (QED) is 0.625. The Kier molecular flexibility index (Phi) is 1.92. The smallest absolute Gasteiger partial charge is 0.145 e. The van der Waals surface area contributed by atoms with E-state index in [1.807, 2.05) is 0 Å². The third-order valence-electron chi connectivity index (χ3n) is 3.79. The first-order valence-corrected chi connectivity index (χ1v) is 5.82. The number of hydrogen-bond acceptors (Lipinski definition) is 0. The van der Waals surface area contributed by atoms with Crippen molar-refractivity contribution in [2.75, 3.05) is 13.6 Å². The summed E-state index contributed by atoms with van der Waals surface area (Å²) >= 11 is 0. The maximum absolute atomic E-state index is 2.30. The summed E-state index contributed by atoms with van der Waals surface area (Å²) in [5.74, 6) is 0. The predicted octanol–water partition coefficient (Wildman–Crippen LogP) is 3.96. The molecule has 1 aliphatic rings. The molecular weight excluding hydrogens is 194 g/mol. The summed E-state index contributed by atoms with van der Waals surface area (Å²) in [5, 5.41) is 0. The molecule has 1 nitrogen and oxygen atoms in total. The summed E-state index contributed by atoms with van der Waals surface area (Å²) in [6, 6.07) is 17.5. The maximum atomic E-state index is 2.30. The summed E-state index contributed by atoms with van der Waals surface area (Å²) in [4.78, 5) is 0. The summed E-state index contributed by atoms with van der Waals surface area (Å²) in [7, 11) is 2.30. The lowest BCUT2D eigenvalue weighted by atomic mass is 10.1. The molecule has 0 unspecified atom stereocenters. The Labute approximate surface area is 96.5 Å². The first-order valence-electron chi connectivity index (χ1n) is 5.82. The van der Waals surface area contributed by atoms with Crippen LogP contribution in [0.15, 0.2) is 48.5 Å². The van der Waals surface area contributed by atoms with Gasteiger partial charge in [-0.05, 0) is 19.1 Å². The van der Waals surface area contributed by atoms with Gasteiger partial charge in [0.15, 0.2) is 0 Å². The van der Waals surface area contributed by atoms with Gasteiger partial charge >= 0.3 is 0 Å². The molecule has 0 saturated heterocycles. The number of hydrogen-bond donors (Lipinski definition) is 0. The van der Waals surface area contributed by atoms with E-state index in [0.717, 1.165) is 11.0 Å². The molecule has 2 aromatic rings. The van der Waals surface area contributed by atoms with Gasteiger partial charge in [-0.2, -0.15) is 0 Å². The highest BCUT2D eigenvalue weighted by Crippen LogP contribution is 2.51. The molecule has 0 radical (unpaired) electrons. The van der Waals surface area contributed by atoms with E-state index in [9.17, 15) is 0 Å². The molecule has 0 aromatic heterocycles. The third kappa shape index (κ3) is 1.04. The molecule has 1 heterocycles. The van der Waals surface area contributed by atoms with Crippen LogP contribution in [0.4, 0.5) is 11.4 Å². The first kappa shape index (κ1) is 9.61. The van der Waals surface area contributed by atoms with Crippen molar-refractivity contribution in [3.05, 3.63) is 48.5 Å². The number of benzene rings is 2. The molecule has 2 aromatic carbocycles. The van der Waals surface area contributed by atoms with Crippen molar-refractivity contribution in [3.63, 3.8) is 0 Å². The van der Waals surface area contributed by atoms with Gasteiger partial charge < -0.3 is 0 Å². The molecule has 0 N–H and O–H groups in total. The zero-order valence-corrected chi connectivity index (χ0v) is 9.77. The number of rotatable bonds is 1. The van der Waals surface area contributed by atoms with Crippen molar-refractivity contribution < 1.29 is 0 Å². The van der Waals surface area contributed by atoms with E-state index in [4.69, 9.17) is 0 Å². The minimum atomic E-state index is 0.923. The Hall–Kier alpha value is -1.60. The second-order valence-electron chi connectivity index (χ2n) is 4.54. The molecule has 0 aliphatic carbocycles. The Bertz CT molecular complexity index is 497. The van der Waals surface area contributed by atoms with Gasteiger partial charge in [0.25, 0.3) is 0 Å². The number of quaternary nitrogens is 1. The molecule has 1 heteroatoms. The number of para-hydroxylation sites is 2. The first-order chi connectivity index (χ1) is 7.77. The number of nitrogens with zero attached hydrogens (tertiary/aromatic N) is 1. The fourth-order valence-corrected chi connectivity index (χ4v) is 2.73. The summed E-state index contributed by atoms with van der Waals surface area (Å²) in [6.07, 6.45) is 0. The Morgan fingerprint density at radius 3 is 1.69 bits per heavy atom. The largest absolute Gasteiger partial charge is 0.260 e. The molecule has 0 atom stereocenters. The minimum Gasteiger partial charge on any atom is -0.260 e. The topological polar surface area (TPSA) is 0 Å². The van der Waals surface area contributed by atoms with Crippen LogP contribution in [-0.4, -0.2) is 13.6 Å². The Morgan fingerprint density at radius 1 is 0.812 bits per heavy atom. The average molecular weight is 210 g/mol. The molecule has 1 aliphatic heterocycles. The lowest BCUT2D eigenvalue weighted by Crippen LogP contribution is -2.37. The van der Waals surface area contributed by atoms with Gasteiger partial charge in [0.05, 0.1) is 13.6 Å². The van der Waals surface area contributed by atoms with Crippen molar-refractivity contribution in [2.24, 2.45) is 0 Å². The van der Waals surface area contributed by atoms with Gasteiger partial charge in [0, 0.05) is 23.3 Å². The standard InChI is InChI=1S/C15H16N/c1-3-16(2)14-10-6-4-8-12(14)13-9-5-7-11-15(13)16/h4-11H,3H2,1-2H3/q+1. The van der Waals surface area contributed by atoms with Crippen molar-refractivity contribution in [1.29, 1.82) is 0 Å². The molecule has 0 bridgehead atoms. The van der Waals surface area contributed by atoms with Crippen LogP contribution in [0.3, 0.4) is 0 Å². The van der Waals surface area contributed by atoms with Gasteiger partial charge in [-0.1, -0.05) is 24.3 Å². The highest BCUT2D eigenvalue weighted by atomic mass is 15.4. The van der Waals surface area contributed by atoms with Crippen LogP contribution in [-0.2, 0) is 0 Å². The molecule has 0 spiro atoms. The summed E-state index contributed by atoms with van der Waals surface area (Å²) in [6.45, 7) is 3.34. The van der Waals surface area contributed by atoms with Crippen molar-refractivity contribution in [3.8, 4) is 11.1 Å². The van der Waals surface area contributed by atoms with Gasteiger partial charge in [0.2, 0.25) is 0 Å². The van der Waals surface area contributed by atoms with Gasteiger partial charge in [-0.15, -0.1) is 0 Å². The van der Waals surface area contributed by atoms with E-state index in [2.05, 4.69) is 62.5 Å². The van der Waals surface area contributed by atoms with E-state index < -0.39 is 0 Å². The SMILES string of the molecule is CC[N+]1(C)c2ccccc2-c2ccccc21. The lowest BCUT2D eigenvalue weighted by molar-refractivity contribution is 0.493. The molecule has 3 rings (SSSR count). The zero-order valence-electron chi connectivity index (χ0n) is 9.77. The van der Waals surface area contributed by atoms with Crippen molar-refractivity contribution >= 4 is 11.4 Å². The van der Waals surface area contributed by atoms with E-state index in [0.29, 0.717) is 0 Å². The third-order valence-corrected chi connectivity index (χ3v) is 3.79. The molecule has 0 saturated carbocycles. The van der Waals surface area contributed by atoms with Crippen molar-refractivity contribution in [2.45, 2.75) is 6.92 Å². The monoisotopic (exact) mass is 210 g/mol. The highest BCUT2D eigenvalue weighted by Gasteiger charge is 2.38. The normalized spacial score (nSPS) is 15.6.